The highest BCUT2D eigenvalue weighted by Gasteiger charge is 2.08. The number of fused-ring (bicyclic) bond motifs is 1. The number of benzene rings is 2. The first-order valence-corrected chi connectivity index (χ1v) is 5.54. The number of aromatic nitrogens is 2. The van der Waals surface area contributed by atoms with E-state index in [0.29, 0.717) is 0 Å². The average molecular weight is 223 g/mol. The first-order chi connectivity index (χ1) is 8.25. The smallest absolute Gasteiger partial charge is 0.0656 e. The van der Waals surface area contributed by atoms with Crippen molar-refractivity contribution in [3.63, 3.8) is 0 Å². The molecule has 0 amide bonds. The van der Waals surface area contributed by atoms with E-state index in [2.05, 4.69) is 29.3 Å². The first-order valence-electron chi connectivity index (χ1n) is 5.54. The molecule has 0 bridgehead atoms. The van der Waals surface area contributed by atoms with E-state index in [4.69, 9.17) is 5.73 Å². The fraction of sp³-hybridized carbons (Fsp3) is 0.0714. The maximum Gasteiger partial charge on any atom is 0.0656 e. The summed E-state index contributed by atoms with van der Waals surface area (Å²) < 4.78 is 0. The van der Waals surface area contributed by atoms with Crippen LogP contribution in [0.5, 0.6) is 0 Å². The van der Waals surface area contributed by atoms with Crippen LogP contribution < -0.4 is 5.73 Å². The first kappa shape index (κ1) is 9.90. The molecule has 0 radical (unpaired) electrons. The minimum Gasteiger partial charge on any atom is -0.399 e. The van der Waals surface area contributed by atoms with Gasteiger partial charge in [-0.25, -0.2) is 0 Å². The van der Waals surface area contributed by atoms with Gasteiger partial charge < -0.3 is 5.73 Å². The number of hydrogen-bond donors (Lipinski definition) is 2. The number of H-pyrrole nitrogens is 1. The molecule has 0 saturated heterocycles. The zero-order chi connectivity index (χ0) is 11.8. The summed E-state index contributed by atoms with van der Waals surface area (Å²) in [5.74, 6) is 0. The van der Waals surface area contributed by atoms with Crippen molar-refractivity contribution < 1.29 is 0 Å². The van der Waals surface area contributed by atoms with E-state index in [1.165, 1.54) is 16.7 Å². The Labute approximate surface area is 99.3 Å². The molecule has 0 aliphatic rings. The monoisotopic (exact) mass is 223 g/mol. The molecular formula is C14H13N3. The van der Waals surface area contributed by atoms with Crippen molar-refractivity contribution in [2.75, 3.05) is 5.73 Å². The zero-order valence-corrected chi connectivity index (χ0v) is 9.57. The van der Waals surface area contributed by atoms with E-state index < -0.39 is 0 Å². The number of rotatable bonds is 1. The lowest BCUT2D eigenvalue weighted by molar-refractivity contribution is 1.12. The molecule has 2 aromatic carbocycles. The van der Waals surface area contributed by atoms with Gasteiger partial charge in [0.15, 0.2) is 0 Å². The van der Waals surface area contributed by atoms with Gasteiger partial charge in [0, 0.05) is 11.1 Å². The molecule has 3 nitrogen and oxygen atoms in total. The predicted molar refractivity (Wildman–Crippen MR) is 70.7 cm³/mol. The number of hydrogen-bond acceptors (Lipinski definition) is 2. The fourth-order valence-corrected chi connectivity index (χ4v) is 2.16. The Morgan fingerprint density at radius 2 is 1.82 bits per heavy atom. The van der Waals surface area contributed by atoms with Crippen LogP contribution in [0.1, 0.15) is 5.56 Å². The van der Waals surface area contributed by atoms with Gasteiger partial charge in [0.05, 0.1) is 11.7 Å². The van der Waals surface area contributed by atoms with Crippen molar-refractivity contribution >= 4 is 16.6 Å². The molecule has 1 aromatic heterocycles. The normalized spacial score (nSPS) is 10.9. The molecule has 0 spiro atoms. The molecule has 0 atom stereocenters. The third kappa shape index (κ3) is 1.56. The van der Waals surface area contributed by atoms with Crippen molar-refractivity contribution in [2.45, 2.75) is 6.92 Å². The van der Waals surface area contributed by atoms with E-state index >= 15 is 0 Å². The molecule has 0 aliphatic heterocycles. The molecule has 0 saturated carbocycles. The molecule has 3 heteroatoms. The number of aryl methyl sites for hydroxylation is 1. The lowest BCUT2D eigenvalue weighted by Gasteiger charge is -2.07. The number of nitrogens with one attached hydrogen (secondary N) is 1. The largest absolute Gasteiger partial charge is 0.399 e. The summed E-state index contributed by atoms with van der Waals surface area (Å²) in [6.07, 6.45) is 1.87. The molecule has 0 unspecified atom stereocenters. The maximum absolute atomic E-state index is 5.72. The van der Waals surface area contributed by atoms with E-state index in [1.807, 2.05) is 30.5 Å². The van der Waals surface area contributed by atoms with E-state index in [-0.39, 0.29) is 0 Å². The maximum atomic E-state index is 5.72. The number of anilines is 1. The van der Waals surface area contributed by atoms with Crippen LogP contribution in [0.15, 0.2) is 42.6 Å². The fourth-order valence-electron chi connectivity index (χ4n) is 2.16. The lowest BCUT2D eigenvalue weighted by Crippen LogP contribution is -1.87. The highest BCUT2D eigenvalue weighted by atomic mass is 15.1. The average Bonchev–Trinajstić information content (AvgIpc) is 2.79. The highest BCUT2D eigenvalue weighted by Crippen LogP contribution is 2.31. The van der Waals surface area contributed by atoms with Crippen LogP contribution in [0.4, 0.5) is 5.69 Å². The van der Waals surface area contributed by atoms with Gasteiger partial charge in [0.2, 0.25) is 0 Å². The second-order valence-electron chi connectivity index (χ2n) is 4.21. The van der Waals surface area contributed by atoms with Gasteiger partial charge >= 0.3 is 0 Å². The Balaban J connectivity index is 2.31. The summed E-state index contributed by atoms with van der Waals surface area (Å²) in [6, 6.07) is 12.1. The molecule has 3 aromatic rings. The Morgan fingerprint density at radius 1 is 1.06 bits per heavy atom. The standard InChI is InChI=1S/C14H13N3/c1-9-2-7-13-12(8-16-17-13)14(9)10-3-5-11(15)6-4-10/h2-8H,15H2,1H3,(H,16,17). The van der Waals surface area contributed by atoms with Crippen molar-refractivity contribution in [1.29, 1.82) is 0 Å². The summed E-state index contributed by atoms with van der Waals surface area (Å²) in [6.45, 7) is 2.11. The minimum absolute atomic E-state index is 0.783. The van der Waals surface area contributed by atoms with Crippen LogP contribution in [0.3, 0.4) is 0 Å². The van der Waals surface area contributed by atoms with Crippen molar-refractivity contribution in [3.8, 4) is 11.1 Å². The molecule has 3 N–H and O–H groups in total. The lowest BCUT2D eigenvalue weighted by atomic mass is 9.97. The van der Waals surface area contributed by atoms with Crippen molar-refractivity contribution in [2.24, 2.45) is 0 Å². The number of aromatic amines is 1. The van der Waals surface area contributed by atoms with Gasteiger partial charge in [-0.3, -0.25) is 5.10 Å². The topological polar surface area (TPSA) is 54.7 Å². The Morgan fingerprint density at radius 3 is 2.59 bits per heavy atom. The summed E-state index contributed by atoms with van der Waals surface area (Å²) >= 11 is 0. The van der Waals surface area contributed by atoms with Crippen molar-refractivity contribution in [1.82, 2.24) is 10.2 Å². The minimum atomic E-state index is 0.783. The third-order valence-electron chi connectivity index (χ3n) is 3.03. The van der Waals surface area contributed by atoms with Gasteiger partial charge in [0.1, 0.15) is 0 Å². The van der Waals surface area contributed by atoms with E-state index in [0.717, 1.165) is 16.6 Å². The quantitative estimate of drug-likeness (QED) is 0.623. The summed E-state index contributed by atoms with van der Waals surface area (Å²) in [5.41, 5.74) is 11.2. The van der Waals surface area contributed by atoms with Crippen LogP contribution in [0.25, 0.3) is 22.0 Å². The Hall–Kier alpha value is -2.29. The Kier molecular flexibility index (Phi) is 2.11. The molecule has 3 rings (SSSR count). The van der Waals surface area contributed by atoms with Crippen LogP contribution in [-0.2, 0) is 0 Å². The van der Waals surface area contributed by atoms with Crippen LogP contribution in [0.2, 0.25) is 0 Å². The number of nitrogen functional groups attached to an aromatic ring is 1. The van der Waals surface area contributed by atoms with E-state index in [1.54, 1.807) is 0 Å². The summed E-state index contributed by atoms with van der Waals surface area (Å²) in [4.78, 5) is 0. The van der Waals surface area contributed by atoms with Gasteiger partial charge in [0.25, 0.3) is 0 Å². The van der Waals surface area contributed by atoms with E-state index in [9.17, 15) is 0 Å². The highest BCUT2D eigenvalue weighted by molar-refractivity contribution is 5.96. The number of nitrogens with zero attached hydrogens (tertiary/aromatic N) is 1. The second-order valence-corrected chi connectivity index (χ2v) is 4.21. The molecule has 0 fully saturated rings. The number of nitrogens with two attached hydrogens (primary N) is 1. The van der Waals surface area contributed by atoms with Crippen LogP contribution in [-0.4, -0.2) is 10.2 Å². The molecule has 1 heterocycles. The second kappa shape index (κ2) is 3.63. The molecule has 17 heavy (non-hydrogen) atoms. The Bertz CT molecular complexity index is 666. The third-order valence-corrected chi connectivity index (χ3v) is 3.03. The summed E-state index contributed by atoms with van der Waals surface area (Å²) in [5, 5.41) is 8.24. The van der Waals surface area contributed by atoms with Crippen LogP contribution >= 0.6 is 0 Å². The van der Waals surface area contributed by atoms with Gasteiger partial charge in [-0.05, 0) is 41.8 Å². The molecule has 0 aliphatic carbocycles. The predicted octanol–water partition coefficient (Wildman–Crippen LogP) is 3.12. The molecular weight excluding hydrogens is 210 g/mol. The van der Waals surface area contributed by atoms with Crippen LogP contribution in [0, 0.1) is 6.92 Å². The molecule has 84 valence electrons. The summed E-state index contributed by atoms with van der Waals surface area (Å²) in [7, 11) is 0. The SMILES string of the molecule is Cc1ccc2[nH]ncc2c1-c1ccc(N)cc1. The van der Waals surface area contributed by atoms with Crippen molar-refractivity contribution in [3.05, 3.63) is 48.2 Å². The van der Waals surface area contributed by atoms with Gasteiger partial charge in [-0.2, -0.15) is 5.10 Å². The zero-order valence-electron chi connectivity index (χ0n) is 9.57. The van der Waals surface area contributed by atoms with Gasteiger partial charge in [-0.15, -0.1) is 0 Å². The van der Waals surface area contributed by atoms with Gasteiger partial charge in [-0.1, -0.05) is 18.2 Å².